The van der Waals surface area contributed by atoms with Gasteiger partial charge in [-0.05, 0) is 24.3 Å². The van der Waals surface area contributed by atoms with Gasteiger partial charge in [-0.25, -0.2) is 4.68 Å². The van der Waals surface area contributed by atoms with Crippen LogP contribution in [0.25, 0.3) is 5.69 Å². The summed E-state index contributed by atoms with van der Waals surface area (Å²) in [5, 5.41) is 4.15. The number of aromatic nitrogens is 2. The molecule has 2 heterocycles. The molecular formula is C16H18N4O3. The molecule has 2 amide bonds. The van der Waals surface area contributed by atoms with Crippen molar-refractivity contribution in [3.05, 3.63) is 48.3 Å². The minimum Gasteiger partial charge on any atom is -0.380 e. The van der Waals surface area contributed by atoms with Gasteiger partial charge in [0.05, 0.1) is 11.8 Å². The van der Waals surface area contributed by atoms with E-state index in [2.05, 4.69) is 5.10 Å². The number of hydrogen-bond donors (Lipinski definition) is 1. The zero-order valence-electron chi connectivity index (χ0n) is 12.8. The van der Waals surface area contributed by atoms with E-state index in [4.69, 9.17) is 10.5 Å². The normalized spacial score (nSPS) is 20.7. The average molecular weight is 314 g/mol. The zero-order chi connectivity index (χ0) is 16.4. The van der Waals surface area contributed by atoms with E-state index in [9.17, 15) is 9.59 Å². The van der Waals surface area contributed by atoms with Gasteiger partial charge < -0.3 is 15.4 Å². The van der Waals surface area contributed by atoms with Gasteiger partial charge in [0.25, 0.3) is 5.91 Å². The molecule has 1 fully saturated rings. The Labute approximate surface area is 133 Å². The van der Waals surface area contributed by atoms with Crippen molar-refractivity contribution >= 4 is 11.8 Å². The first-order valence-corrected chi connectivity index (χ1v) is 7.33. The fourth-order valence-corrected chi connectivity index (χ4v) is 2.83. The van der Waals surface area contributed by atoms with Gasteiger partial charge >= 0.3 is 0 Å². The Hall–Kier alpha value is -2.67. The third-order valence-corrected chi connectivity index (χ3v) is 4.05. The Morgan fingerprint density at radius 3 is 2.83 bits per heavy atom. The summed E-state index contributed by atoms with van der Waals surface area (Å²) >= 11 is 0. The molecule has 0 unspecified atom stereocenters. The molecule has 2 atom stereocenters. The van der Waals surface area contributed by atoms with Crippen LogP contribution in [0, 0.1) is 0 Å². The largest absolute Gasteiger partial charge is 0.380 e. The lowest BCUT2D eigenvalue weighted by atomic mass is 10.1. The summed E-state index contributed by atoms with van der Waals surface area (Å²) in [5.74, 6) is -0.747. The SMILES string of the molecule is CO[C@H]1C[C@@H](C(N)=O)N(C(=O)c2cccc(-n3cccn3)c2)C1. The predicted molar refractivity (Wildman–Crippen MR) is 83.0 cm³/mol. The molecule has 2 N–H and O–H groups in total. The highest BCUT2D eigenvalue weighted by molar-refractivity contribution is 5.98. The standard InChI is InChI=1S/C16H18N4O3/c1-23-13-9-14(15(17)21)19(10-13)16(22)11-4-2-5-12(8-11)20-7-3-6-18-20/h2-8,13-14H,9-10H2,1H3,(H2,17,21)/t13-,14-/m0/s1. The van der Waals surface area contributed by atoms with Crippen LogP contribution in [-0.2, 0) is 9.53 Å². The molecule has 0 aliphatic carbocycles. The molecule has 7 nitrogen and oxygen atoms in total. The highest BCUT2D eigenvalue weighted by Gasteiger charge is 2.39. The van der Waals surface area contributed by atoms with Crippen LogP contribution < -0.4 is 5.73 Å². The van der Waals surface area contributed by atoms with Crippen molar-refractivity contribution in [2.45, 2.75) is 18.6 Å². The van der Waals surface area contributed by atoms with Crippen molar-refractivity contribution in [3.8, 4) is 5.69 Å². The lowest BCUT2D eigenvalue weighted by molar-refractivity contribution is -0.121. The fraction of sp³-hybridized carbons (Fsp3) is 0.312. The van der Waals surface area contributed by atoms with Crippen molar-refractivity contribution in [1.29, 1.82) is 0 Å². The number of hydrogen-bond acceptors (Lipinski definition) is 4. The molecule has 3 rings (SSSR count). The first-order valence-electron chi connectivity index (χ1n) is 7.33. The van der Waals surface area contributed by atoms with Gasteiger partial charge in [-0.2, -0.15) is 5.10 Å². The Morgan fingerprint density at radius 1 is 1.35 bits per heavy atom. The van der Waals surface area contributed by atoms with Gasteiger partial charge in [-0.3, -0.25) is 9.59 Å². The minimum absolute atomic E-state index is 0.175. The number of likely N-dealkylation sites (tertiary alicyclic amines) is 1. The second kappa shape index (κ2) is 6.21. The Morgan fingerprint density at radius 2 is 2.17 bits per heavy atom. The van der Waals surface area contributed by atoms with E-state index in [1.165, 1.54) is 4.90 Å². The number of carbonyl (C=O) groups is 2. The third-order valence-electron chi connectivity index (χ3n) is 4.05. The fourth-order valence-electron chi connectivity index (χ4n) is 2.83. The van der Waals surface area contributed by atoms with Gasteiger partial charge in [0.1, 0.15) is 6.04 Å². The van der Waals surface area contributed by atoms with Crippen molar-refractivity contribution in [2.75, 3.05) is 13.7 Å². The average Bonchev–Trinajstić information content (AvgIpc) is 3.23. The van der Waals surface area contributed by atoms with Crippen LogP contribution in [0.4, 0.5) is 0 Å². The number of ether oxygens (including phenoxy) is 1. The smallest absolute Gasteiger partial charge is 0.254 e. The monoisotopic (exact) mass is 314 g/mol. The summed E-state index contributed by atoms with van der Waals surface area (Å²) in [6, 6.07) is 8.27. The number of primary amides is 1. The summed E-state index contributed by atoms with van der Waals surface area (Å²) < 4.78 is 6.95. The summed E-state index contributed by atoms with van der Waals surface area (Å²) in [4.78, 5) is 25.9. The quantitative estimate of drug-likeness (QED) is 0.894. The van der Waals surface area contributed by atoms with E-state index >= 15 is 0 Å². The zero-order valence-corrected chi connectivity index (χ0v) is 12.8. The molecule has 1 saturated heterocycles. The van der Waals surface area contributed by atoms with Crippen molar-refractivity contribution in [1.82, 2.24) is 14.7 Å². The maximum atomic E-state index is 12.8. The van der Waals surface area contributed by atoms with Crippen molar-refractivity contribution in [2.24, 2.45) is 5.73 Å². The molecular weight excluding hydrogens is 296 g/mol. The van der Waals surface area contributed by atoms with Crippen molar-refractivity contribution < 1.29 is 14.3 Å². The molecule has 7 heteroatoms. The van der Waals surface area contributed by atoms with E-state index in [1.807, 2.05) is 6.07 Å². The Kier molecular flexibility index (Phi) is 4.12. The number of carbonyl (C=O) groups excluding carboxylic acids is 2. The van der Waals surface area contributed by atoms with Crippen LogP contribution in [0.15, 0.2) is 42.7 Å². The maximum Gasteiger partial charge on any atom is 0.254 e. The maximum absolute atomic E-state index is 12.8. The van der Waals surface area contributed by atoms with Crippen LogP contribution in [0.3, 0.4) is 0 Å². The van der Waals surface area contributed by atoms with Gasteiger partial charge in [0.15, 0.2) is 0 Å². The van der Waals surface area contributed by atoms with E-state index in [0.29, 0.717) is 18.5 Å². The van der Waals surface area contributed by atoms with Crippen LogP contribution in [0.1, 0.15) is 16.8 Å². The highest BCUT2D eigenvalue weighted by Crippen LogP contribution is 2.23. The first kappa shape index (κ1) is 15.2. The van der Waals surface area contributed by atoms with E-state index in [0.717, 1.165) is 5.69 Å². The third kappa shape index (κ3) is 2.95. The van der Waals surface area contributed by atoms with Crippen LogP contribution in [-0.4, -0.2) is 52.3 Å². The molecule has 2 aromatic rings. The Bertz CT molecular complexity index is 714. The summed E-state index contributed by atoms with van der Waals surface area (Å²) in [6.07, 6.45) is 3.72. The molecule has 1 aromatic heterocycles. The molecule has 23 heavy (non-hydrogen) atoms. The second-order valence-corrected chi connectivity index (χ2v) is 5.47. The number of nitrogens with two attached hydrogens (primary N) is 1. The summed E-state index contributed by atoms with van der Waals surface area (Å²) in [7, 11) is 1.56. The van der Waals surface area contributed by atoms with Gasteiger partial charge in [-0.1, -0.05) is 6.07 Å². The Balaban J connectivity index is 1.88. The predicted octanol–water partition coefficient (Wildman–Crippen LogP) is 0.587. The number of benzene rings is 1. The molecule has 0 radical (unpaired) electrons. The lowest BCUT2D eigenvalue weighted by Crippen LogP contribution is -2.43. The molecule has 120 valence electrons. The lowest BCUT2D eigenvalue weighted by Gasteiger charge is -2.22. The van der Waals surface area contributed by atoms with Crippen LogP contribution >= 0.6 is 0 Å². The van der Waals surface area contributed by atoms with E-state index in [-0.39, 0.29) is 12.0 Å². The van der Waals surface area contributed by atoms with Gasteiger partial charge in [0, 0.05) is 38.0 Å². The second-order valence-electron chi connectivity index (χ2n) is 5.47. The minimum atomic E-state index is -0.638. The summed E-state index contributed by atoms with van der Waals surface area (Å²) in [6.45, 7) is 0.356. The molecule has 1 aliphatic rings. The number of amides is 2. The van der Waals surface area contributed by atoms with Crippen molar-refractivity contribution in [3.63, 3.8) is 0 Å². The van der Waals surface area contributed by atoms with Crippen LogP contribution in [0.5, 0.6) is 0 Å². The number of methoxy groups -OCH3 is 1. The van der Waals surface area contributed by atoms with Gasteiger partial charge in [-0.15, -0.1) is 0 Å². The molecule has 1 aliphatic heterocycles. The van der Waals surface area contributed by atoms with Crippen LogP contribution in [0.2, 0.25) is 0 Å². The molecule has 1 aromatic carbocycles. The summed E-state index contributed by atoms with van der Waals surface area (Å²) in [5.41, 5.74) is 6.69. The first-order chi connectivity index (χ1) is 11.1. The van der Waals surface area contributed by atoms with E-state index in [1.54, 1.807) is 48.5 Å². The molecule has 0 bridgehead atoms. The topological polar surface area (TPSA) is 90.5 Å². The van der Waals surface area contributed by atoms with E-state index < -0.39 is 11.9 Å². The molecule has 0 spiro atoms. The highest BCUT2D eigenvalue weighted by atomic mass is 16.5. The number of rotatable bonds is 4. The van der Waals surface area contributed by atoms with Gasteiger partial charge in [0.2, 0.25) is 5.91 Å². The number of nitrogens with zero attached hydrogens (tertiary/aromatic N) is 3. The molecule has 0 saturated carbocycles.